The van der Waals surface area contributed by atoms with Gasteiger partial charge in [0.05, 0.1) is 0 Å². The summed E-state index contributed by atoms with van der Waals surface area (Å²) < 4.78 is 29.9. The molecule has 0 saturated heterocycles. The Morgan fingerprint density at radius 3 is 2.00 bits per heavy atom. The minimum absolute atomic E-state index is 0.103. The molecule has 0 aliphatic carbocycles. The summed E-state index contributed by atoms with van der Waals surface area (Å²) in [5.41, 5.74) is 1.92. The minimum Gasteiger partial charge on any atom is -0.422 e. The van der Waals surface area contributed by atoms with E-state index in [-0.39, 0.29) is 5.75 Å². The van der Waals surface area contributed by atoms with E-state index in [4.69, 9.17) is 0 Å². The van der Waals surface area contributed by atoms with Gasteiger partial charge in [0.1, 0.15) is 5.75 Å². The molecule has 0 fully saturated rings. The van der Waals surface area contributed by atoms with Gasteiger partial charge in [0.2, 0.25) is 0 Å². The molecule has 98 valence electrons. The summed E-state index contributed by atoms with van der Waals surface area (Å²) in [4.78, 5) is 11.0. The predicted molar refractivity (Wildman–Crippen MR) is 68.1 cm³/mol. The van der Waals surface area contributed by atoms with Crippen molar-refractivity contribution in [3.05, 3.63) is 54.6 Å². The van der Waals surface area contributed by atoms with Crippen LogP contribution in [0.15, 0.2) is 54.6 Å². The second-order valence-electron chi connectivity index (χ2n) is 4.17. The van der Waals surface area contributed by atoms with Gasteiger partial charge in [-0.15, -0.1) is 0 Å². The maximum Gasteiger partial charge on any atom is 0.382 e. The molecular weight excluding hydrogens is 250 g/mol. The van der Waals surface area contributed by atoms with Crippen molar-refractivity contribution in [2.24, 2.45) is 0 Å². The molecule has 0 atom stereocenters. The molecule has 0 amide bonds. The number of halogens is 2. The molecule has 0 N–H and O–H groups in total. The van der Waals surface area contributed by atoms with Crippen LogP contribution in [-0.4, -0.2) is 11.9 Å². The maximum atomic E-state index is 12.7. The molecule has 0 radical (unpaired) electrons. The lowest BCUT2D eigenvalue weighted by Gasteiger charge is -2.10. The number of carbonyl (C=O) groups is 1. The lowest BCUT2D eigenvalue weighted by molar-refractivity contribution is -0.158. The lowest BCUT2D eigenvalue weighted by Crippen LogP contribution is -2.29. The third-order valence-electron chi connectivity index (χ3n) is 2.53. The Balaban J connectivity index is 2.14. The molecule has 0 spiro atoms. The fourth-order valence-corrected chi connectivity index (χ4v) is 1.54. The first kappa shape index (κ1) is 13.2. The Labute approximate surface area is 109 Å². The number of hydrogen-bond donors (Lipinski definition) is 0. The predicted octanol–water partition coefficient (Wildman–Crippen LogP) is 3.91. The number of esters is 1. The van der Waals surface area contributed by atoms with E-state index in [1.54, 1.807) is 12.1 Å². The summed E-state index contributed by atoms with van der Waals surface area (Å²) in [7, 11) is 0. The minimum atomic E-state index is -3.49. The molecule has 2 nitrogen and oxygen atoms in total. The van der Waals surface area contributed by atoms with Crippen molar-refractivity contribution in [3.63, 3.8) is 0 Å². The lowest BCUT2D eigenvalue weighted by atomic mass is 10.1. The average molecular weight is 262 g/mol. The normalized spacial score (nSPS) is 11.1. The molecule has 0 saturated carbocycles. The topological polar surface area (TPSA) is 26.3 Å². The van der Waals surface area contributed by atoms with Crippen LogP contribution in [0.25, 0.3) is 11.1 Å². The number of hydrogen-bond acceptors (Lipinski definition) is 2. The zero-order valence-corrected chi connectivity index (χ0v) is 10.3. The fraction of sp³-hybridized carbons (Fsp3) is 0.133. The fourth-order valence-electron chi connectivity index (χ4n) is 1.54. The molecule has 2 aromatic rings. The van der Waals surface area contributed by atoms with Gasteiger partial charge in [-0.05, 0) is 23.3 Å². The SMILES string of the molecule is CC(F)(F)C(=O)Oc1ccc(-c2ccccc2)cc1. The van der Waals surface area contributed by atoms with E-state index in [0.717, 1.165) is 11.1 Å². The van der Waals surface area contributed by atoms with Crippen LogP contribution in [0.4, 0.5) is 8.78 Å². The molecular formula is C15H12F2O2. The van der Waals surface area contributed by atoms with E-state index in [0.29, 0.717) is 6.92 Å². The van der Waals surface area contributed by atoms with Crippen LogP contribution in [0.3, 0.4) is 0 Å². The largest absolute Gasteiger partial charge is 0.422 e. The van der Waals surface area contributed by atoms with Crippen molar-refractivity contribution in [3.8, 4) is 16.9 Å². The second kappa shape index (κ2) is 5.18. The zero-order valence-electron chi connectivity index (χ0n) is 10.3. The van der Waals surface area contributed by atoms with Crippen molar-refractivity contribution in [2.75, 3.05) is 0 Å². The highest BCUT2D eigenvalue weighted by Gasteiger charge is 2.34. The van der Waals surface area contributed by atoms with Gasteiger partial charge in [0.25, 0.3) is 0 Å². The Morgan fingerprint density at radius 2 is 1.47 bits per heavy atom. The maximum absolute atomic E-state index is 12.7. The summed E-state index contributed by atoms with van der Waals surface area (Å²) >= 11 is 0. The molecule has 0 bridgehead atoms. The van der Waals surface area contributed by atoms with E-state index in [1.165, 1.54) is 12.1 Å². The standard InChI is InChI=1S/C15H12F2O2/c1-15(16,17)14(18)19-13-9-7-12(8-10-13)11-5-3-2-4-6-11/h2-10H,1H3. The highest BCUT2D eigenvalue weighted by atomic mass is 19.3. The molecule has 2 rings (SSSR count). The monoisotopic (exact) mass is 262 g/mol. The third-order valence-corrected chi connectivity index (χ3v) is 2.53. The van der Waals surface area contributed by atoms with Gasteiger partial charge in [-0.3, -0.25) is 0 Å². The molecule has 19 heavy (non-hydrogen) atoms. The average Bonchev–Trinajstić information content (AvgIpc) is 2.39. The number of carbonyl (C=O) groups excluding carboxylic acids is 1. The van der Waals surface area contributed by atoms with Crippen molar-refractivity contribution >= 4 is 5.97 Å². The van der Waals surface area contributed by atoms with Crippen LogP contribution in [-0.2, 0) is 4.79 Å². The molecule has 4 heteroatoms. The summed E-state index contributed by atoms with van der Waals surface area (Å²) in [5, 5.41) is 0. The number of benzene rings is 2. The molecule has 0 aromatic heterocycles. The molecule has 0 aliphatic heterocycles. The van der Waals surface area contributed by atoms with Gasteiger partial charge in [0.15, 0.2) is 0 Å². The van der Waals surface area contributed by atoms with E-state index >= 15 is 0 Å². The molecule has 2 aromatic carbocycles. The Kier molecular flexibility index (Phi) is 3.60. The first-order chi connectivity index (χ1) is 8.97. The Bertz CT molecular complexity index is 557. The first-order valence-corrected chi connectivity index (χ1v) is 5.72. The summed E-state index contributed by atoms with van der Waals surface area (Å²) in [6.07, 6.45) is 0. The smallest absolute Gasteiger partial charge is 0.382 e. The van der Waals surface area contributed by atoms with Crippen molar-refractivity contribution in [1.29, 1.82) is 0 Å². The van der Waals surface area contributed by atoms with Crippen LogP contribution in [0, 0.1) is 0 Å². The Morgan fingerprint density at radius 1 is 0.947 bits per heavy atom. The van der Waals surface area contributed by atoms with Gasteiger partial charge in [0, 0.05) is 6.92 Å². The summed E-state index contributed by atoms with van der Waals surface area (Å²) in [6, 6.07) is 16.0. The van der Waals surface area contributed by atoms with E-state index in [1.807, 2.05) is 30.3 Å². The van der Waals surface area contributed by atoms with Crippen LogP contribution in [0.1, 0.15) is 6.92 Å². The van der Waals surface area contributed by atoms with Gasteiger partial charge in [-0.25, -0.2) is 4.79 Å². The van der Waals surface area contributed by atoms with E-state index < -0.39 is 11.9 Å². The third kappa shape index (κ3) is 3.37. The quantitative estimate of drug-likeness (QED) is 0.619. The van der Waals surface area contributed by atoms with Gasteiger partial charge in [-0.1, -0.05) is 42.5 Å². The second-order valence-corrected chi connectivity index (χ2v) is 4.17. The van der Waals surface area contributed by atoms with Gasteiger partial charge in [-0.2, -0.15) is 8.78 Å². The van der Waals surface area contributed by atoms with Crippen LogP contribution >= 0.6 is 0 Å². The van der Waals surface area contributed by atoms with Crippen LogP contribution in [0.5, 0.6) is 5.75 Å². The van der Waals surface area contributed by atoms with Gasteiger partial charge >= 0.3 is 11.9 Å². The highest BCUT2D eigenvalue weighted by molar-refractivity contribution is 5.79. The van der Waals surface area contributed by atoms with Gasteiger partial charge < -0.3 is 4.74 Å². The van der Waals surface area contributed by atoms with Crippen LogP contribution in [0.2, 0.25) is 0 Å². The Hall–Kier alpha value is -2.23. The first-order valence-electron chi connectivity index (χ1n) is 5.72. The van der Waals surface area contributed by atoms with Crippen LogP contribution < -0.4 is 4.74 Å². The summed E-state index contributed by atoms with van der Waals surface area (Å²) in [5.74, 6) is -4.94. The number of ether oxygens (including phenoxy) is 1. The van der Waals surface area contributed by atoms with Crippen molar-refractivity contribution in [1.82, 2.24) is 0 Å². The van der Waals surface area contributed by atoms with E-state index in [2.05, 4.69) is 4.74 Å². The molecule has 0 heterocycles. The van der Waals surface area contributed by atoms with Crippen molar-refractivity contribution < 1.29 is 18.3 Å². The molecule has 0 aliphatic rings. The number of rotatable bonds is 3. The van der Waals surface area contributed by atoms with Crippen molar-refractivity contribution in [2.45, 2.75) is 12.8 Å². The highest BCUT2D eigenvalue weighted by Crippen LogP contribution is 2.23. The zero-order chi connectivity index (χ0) is 13.9. The van der Waals surface area contributed by atoms with E-state index in [9.17, 15) is 13.6 Å². The molecule has 0 unspecified atom stereocenters. The number of alkyl halides is 2. The summed E-state index contributed by atoms with van der Waals surface area (Å²) in [6.45, 7) is 0.508.